The van der Waals surface area contributed by atoms with Gasteiger partial charge in [0.25, 0.3) is 0 Å². The Labute approximate surface area is 115 Å². The Kier molecular flexibility index (Phi) is 2.57. The number of hydrogen-bond acceptors (Lipinski definition) is 0. The number of hydrogen-bond donors (Lipinski definition) is 0. The first-order chi connectivity index (χ1) is 7.09. The van der Waals surface area contributed by atoms with E-state index in [2.05, 4.69) is 72.1 Å². The first-order valence-corrected chi connectivity index (χ1v) is 7.70. The Morgan fingerprint density at radius 1 is 1.13 bits per heavy atom. The fourth-order valence-corrected chi connectivity index (χ4v) is 5.09. The van der Waals surface area contributed by atoms with E-state index in [1.165, 1.54) is 6.42 Å². The zero-order valence-corrected chi connectivity index (χ0v) is 12.8. The van der Waals surface area contributed by atoms with E-state index in [4.69, 9.17) is 0 Å². The first kappa shape index (κ1) is 10.8. The normalized spacial score (nSPS) is 36.3. The lowest BCUT2D eigenvalue weighted by Gasteiger charge is -2.36. The van der Waals surface area contributed by atoms with Gasteiger partial charge in [-0.1, -0.05) is 72.1 Å². The van der Waals surface area contributed by atoms with Crippen LogP contribution in [0.4, 0.5) is 0 Å². The summed E-state index contributed by atoms with van der Waals surface area (Å²) < 4.78 is 0.0621. The lowest BCUT2D eigenvalue weighted by atomic mass is 9.86. The van der Waals surface area contributed by atoms with Gasteiger partial charge in [0.15, 0.2) is 0 Å². The molecule has 0 heterocycles. The van der Waals surface area contributed by atoms with Crippen LogP contribution in [0, 0.1) is 0 Å². The molecule has 0 aliphatic heterocycles. The molecule has 1 aromatic rings. The fourth-order valence-electron chi connectivity index (χ4n) is 2.99. The molecule has 2 aliphatic carbocycles. The molecule has 1 aromatic carbocycles. The topological polar surface area (TPSA) is 0 Å². The summed E-state index contributed by atoms with van der Waals surface area (Å²) >= 11 is 11.5. The zero-order chi connectivity index (χ0) is 10.6. The van der Waals surface area contributed by atoms with E-state index >= 15 is 0 Å². The summed E-state index contributed by atoms with van der Waals surface area (Å²) in [7, 11) is 0. The zero-order valence-electron chi connectivity index (χ0n) is 8.09. The molecule has 0 spiro atoms. The van der Waals surface area contributed by atoms with Gasteiger partial charge in [-0.3, -0.25) is 0 Å². The summed E-state index contributed by atoms with van der Waals surface area (Å²) in [5.41, 5.74) is 3.11. The van der Waals surface area contributed by atoms with Crippen molar-refractivity contribution < 1.29 is 0 Å². The van der Waals surface area contributed by atoms with E-state index in [9.17, 15) is 0 Å². The Bertz CT molecular complexity index is 400. The minimum Gasteiger partial charge on any atom is -0.0859 e. The third kappa shape index (κ3) is 1.57. The van der Waals surface area contributed by atoms with Crippen LogP contribution in [0.5, 0.6) is 0 Å². The average Bonchev–Trinajstić information content (AvgIpc) is 2.52. The van der Waals surface area contributed by atoms with Gasteiger partial charge in [0, 0.05) is 4.83 Å². The van der Waals surface area contributed by atoms with E-state index in [-0.39, 0.29) is 3.23 Å². The molecule has 80 valence electrons. The molecule has 15 heavy (non-hydrogen) atoms. The van der Waals surface area contributed by atoms with Crippen LogP contribution in [0.15, 0.2) is 24.3 Å². The van der Waals surface area contributed by atoms with E-state index in [0.717, 1.165) is 12.3 Å². The second kappa shape index (κ2) is 3.58. The van der Waals surface area contributed by atoms with Crippen LogP contribution in [0.2, 0.25) is 0 Å². The van der Waals surface area contributed by atoms with Gasteiger partial charge in [-0.2, -0.15) is 0 Å². The molecule has 0 unspecified atom stereocenters. The van der Waals surface area contributed by atoms with Gasteiger partial charge >= 0.3 is 0 Å². The highest BCUT2D eigenvalue weighted by molar-refractivity contribution is 9.26. The van der Waals surface area contributed by atoms with Gasteiger partial charge in [-0.05, 0) is 35.8 Å². The summed E-state index contributed by atoms with van der Waals surface area (Å²) in [5.74, 6) is 1.37. The van der Waals surface area contributed by atoms with Gasteiger partial charge in [0.2, 0.25) is 0 Å². The summed E-state index contributed by atoms with van der Waals surface area (Å²) in [6.07, 6.45) is 2.46. The molecule has 3 atom stereocenters. The molecule has 3 heteroatoms. The van der Waals surface area contributed by atoms with E-state index in [1.54, 1.807) is 11.1 Å². The van der Waals surface area contributed by atoms with Crippen molar-refractivity contribution in [1.29, 1.82) is 0 Å². The lowest BCUT2D eigenvalue weighted by molar-refractivity contribution is 0.450. The van der Waals surface area contributed by atoms with Crippen LogP contribution in [-0.2, 0) is 0 Å². The maximum atomic E-state index is 3.84. The number of halogens is 3. The van der Waals surface area contributed by atoms with Gasteiger partial charge in [0.1, 0.15) is 0 Å². The van der Waals surface area contributed by atoms with E-state index in [1.807, 2.05) is 0 Å². The molecule has 2 bridgehead atoms. The third-order valence-corrected chi connectivity index (χ3v) is 7.93. The van der Waals surface area contributed by atoms with Crippen molar-refractivity contribution in [1.82, 2.24) is 0 Å². The van der Waals surface area contributed by atoms with Crippen molar-refractivity contribution in [2.45, 2.75) is 32.7 Å². The second-order valence-electron chi connectivity index (χ2n) is 4.53. The summed E-state index contributed by atoms with van der Waals surface area (Å²) in [6, 6.07) is 8.90. The van der Waals surface area contributed by atoms with Crippen LogP contribution >= 0.6 is 47.8 Å². The average molecular weight is 395 g/mol. The van der Waals surface area contributed by atoms with Crippen molar-refractivity contribution in [3.8, 4) is 0 Å². The maximum Gasteiger partial charge on any atom is 0.0941 e. The molecule has 0 saturated heterocycles. The number of alkyl halides is 3. The summed E-state index contributed by atoms with van der Waals surface area (Å²) in [6.45, 7) is 0. The molecular weight excluding hydrogens is 384 g/mol. The summed E-state index contributed by atoms with van der Waals surface area (Å²) in [4.78, 5) is 0.477. The molecule has 0 radical (unpaired) electrons. The van der Waals surface area contributed by atoms with E-state index in [0.29, 0.717) is 10.7 Å². The first-order valence-electron chi connectivity index (χ1n) is 5.20. The maximum absolute atomic E-state index is 3.84. The smallest absolute Gasteiger partial charge is 0.0859 e. The van der Waals surface area contributed by atoms with Crippen molar-refractivity contribution in [2.24, 2.45) is 0 Å². The minimum absolute atomic E-state index is 0.0621. The molecule has 1 saturated carbocycles. The molecule has 3 rings (SSSR count). The molecule has 0 nitrogen and oxygen atoms in total. The van der Waals surface area contributed by atoms with Gasteiger partial charge in [0.05, 0.1) is 3.23 Å². The highest BCUT2D eigenvalue weighted by atomic mass is 79.9. The Morgan fingerprint density at radius 2 is 1.80 bits per heavy atom. The molecule has 0 N–H and O–H groups in total. The van der Waals surface area contributed by atoms with Crippen LogP contribution in [0.25, 0.3) is 0 Å². The summed E-state index contributed by atoms with van der Waals surface area (Å²) in [5, 5.41) is 0. The molecule has 2 aliphatic rings. The van der Waals surface area contributed by atoms with Gasteiger partial charge in [-0.25, -0.2) is 0 Å². The van der Waals surface area contributed by atoms with Crippen molar-refractivity contribution in [2.75, 3.05) is 0 Å². The Balaban J connectivity index is 2.11. The quantitative estimate of drug-likeness (QED) is 0.548. The standard InChI is InChI=1S/C12H11Br3/c13-11-10-5-7(6-12(11,14)15)8-3-1-2-4-9(8)10/h1-4,7,10-11H,5-6H2/t7-,10-,11+/m0/s1. The Hall–Kier alpha value is 0.660. The predicted octanol–water partition coefficient (Wildman–Crippen LogP) is 4.91. The number of benzene rings is 1. The largest absolute Gasteiger partial charge is 0.0941 e. The SMILES string of the molecule is Br[C@@H]1[C@H]2C[C@@H](CC1(Br)Br)c1ccccc12. The number of fused-ring (bicyclic) bond motifs is 5. The fraction of sp³-hybridized carbons (Fsp3) is 0.500. The Morgan fingerprint density at radius 3 is 2.53 bits per heavy atom. The van der Waals surface area contributed by atoms with Gasteiger partial charge in [-0.15, -0.1) is 0 Å². The molecule has 0 amide bonds. The molecule has 0 aromatic heterocycles. The third-order valence-electron chi connectivity index (χ3n) is 3.65. The number of rotatable bonds is 0. The van der Waals surface area contributed by atoms with Crippen LogP contribution in [0.1, 0.15) is 35.8 Å². The molecular formula is C12H11Br3. The van der Waals surface area contributed by atoms with Crippen LogP contribution in [-0.4, -0.2) is 8.06 Å². The highest BCUT2D eigenvalue weighted by Crippen LogP contribution is 2.60. The van der Waals surface area contributed by atoms with E-state index < -0.39 is 0 Å². The van der Waals surface area contributed by atoms with Crippen molar-refractivity contribution in [3.63, 3.8) is 0 Å². The minimum atomic E-state index is 0.0621. The van der Waals surface area contributed by atoms with Crippen LogP contribution in [0.3, 0.4) is 0 Å². The lowest BCUT2D eigenvalue weighted by Crippen LogP contribution is -2.34. The van der Waals surface area contributed by atoms with Crippen molar-refractivity contribution >= 4 is 47.8 Å². The predicted molar refractivity (Wildman–Crippen MR) is 74.5 cm³/mol. The molecule has 1 fully saturated rings. The van der Waals surface area contributed by atoms with Crippen molar-refractivity contribution in [3.05, 3.63) is 35.4 Å². The highest BCUT2D eigenvalue weighted by Gasteiger charge is 2.50. The van der Waals surface area contributed by atoms with Gasteiger partial charge < -0.3 is 0 Å². The van der Waals surface area contributed by atoms with Crippen LogP contribution < -0.4 is 0 Å². The second-order valence-corrected chi connectivity index (χ2v) is 9.42. The monoisotopic (exact) mass is 392 g/mol.